The summed E-state index contributed by atoms with van der Waals surface area (Å²) in [5, 5.41) is 17.0. The summed E-state index contributed by atoms with van der Waals surface area (Å²) in [6, 6.07) is 4.12. The Morgan fingerprint density at radius 1 is 1.14 bits per heavy atom. The second-order valence-electron chi connectivity index (χ2n) is 7.80. The van der Waals surface area contributed by atoms with Crippen molar-refractivity contribution < 1.29 is 9.84 Å². The average Bonchev–Trinajstić information content (AvgIpc) is 3.27. The molecule has 2 atom stereocenters. The van der Waals surface area contributed by atoms with Crippen LogP contribution in [0.15, 0.2) is 24.5 Å². The minimum Gasteiger partial charge on any atom is -0.391 e. The molecule has 0 aliphatic carbocycles. The van der Waals surface area contributed by atoms with Gasteiger partial charge >= 0.3 is 0 Å². The number of aromatic nitrogens is 3. The minimum atomic E-state index is -0.360. The fraction of sp³-hybridized carbons (Fsp3) is 0.476. The van der Waals surface area contributed by atoms with Crippen molar-refractivity contribution in [3.8, 4) is 11.1 Å². The third-order valence-electron chi connectivity index (χ3n) is 5.89. The Hall–Kier alpha value is -1.53. The fourth-order valence-corrected chi connectivity index (χ4v) is 4.92. The molecule has 2 unspecified atom stereocenters. The molecule has 0 radical (unpaired) electrons. The van der Waals surface area contributed by atoms with Gasteiger partial charge in [-0.1, -0.05) is 23.2 Å². The van der Waals surface area contributed by atoms with Crippen molar-refractivity contribution in [3.05, 3.63) is 40.3 Å². The van der Waals surface area contributed by atoms with E-state index < -0.39 is 0 Å². The molecule has 1 N–H and O–H groups in total. The van der Waals surface area contributed by atoms with Gasteiger partial charge in [0, 0.05) is 36.0 Å². The van der Waals surface area contributed by atoms with E-state index in [1.807, 2.05) is 23.1 Å². The number of ether oxygens (including phenoxy) is 1. The Morgan fingerprint density at radius 3 is 2.86 bits per heavy atom. The number of benzene rings is 1. The van der Waals surface area contributed by atoms with E-state index in [4.69, 9.17) is 27.9 Å². The second-order valence-corrected chi connectivity index (χ2v) is 8.59. The normalized spacial score (nSPS) is 23.0. The number of aliphatic hydroxyl groups excluding tert-OH is 1. The van der Waals surface area contributed by atoms with Gasteiger partial charge in [-0.05, 0) is 56.2 Å². The zero-order valence-corrected chi connectivity index (χ0v) is 17.1. The molecule has 1 saturated heterocycles. The van der Waals surface area contributed by atoms with Crippen LogP contribution in [0.5, 0.6) is 0 Å². The first-order valence-electron chi connectivity index (χ1n) is 9.96. The molecule has 148 valence electrons. The van der Waals surface area contributed by atoms with Gasteiger partial charge in [0.25, 0.3) is 0 Å². The van der Waals surface area contributed by atoms with E-state index in [2.05, 4.69) is 15.7 Å². The summed E-state index contributed by atoms with van der Waals surface area (Å²) < 4.78 is 9.91. The van der Waals surface area contributed by atoms with Crippen molar-refractivity contribution in [1.82, 2.24) is 14.3 Å². The van der Waals surface area contributed by atoms with Gasteiger partial charge in [-0.15, -0.1) is 0 Å². The quantitative estimate of drug-likeness (QED) is 0.620. The first-order chi connectivity index (χ1) is 13.6. The van der Waals surface area contributed by atoms with E-state index in [1.165, 1.54) is 5.69 Å². The Labute approximate surface area is 173 Å². The van der Waals surface area contributed by atoms with Crippen LogP contribution < -0.4 is 0 Å². The SMILES string of the molecule is OC1CCCc2cc3c(-c4cnn(C5CCCCO5)c4)cc(Cl)c(Cl)c3n2C1. The number of hydrogen-bond donors (Lipinski definition) is 1. The lowest BCUT2D eigenvalue weighted by Crippen LogP contribution is -2.18. The first-order valence-corrected chi connectivity index (χ1v) is 10.7. The molecule has 0 spiro atoms. The number of rotatable bonds is 2. The Kier molecular flexibility index (Phi) is 4.87. The molecule has 0 saturated carbocycles. The van der Waals surface area contributed by atoms with Crippen molar-refractivity contribution >= 4 is 34.1 Å². The molecule has 0 amide bonds. The maximum atomic E-state index is 10.3. The van der Waals surface area contributed by atoms with E-state index in [1.54, 1.807) is 0 Å². The molecule has 3 aromatic rings. The lowest BCUT2D eigenvalue weighted by Gasteiger charge is -2.22. The van der Waals surface area contributed by atoms with Gasteiger partial charge in [-0.3, -0.25) is 0 Å². The first kappa shape index (κ1) is 18.5. The monoisotopic (exact) mass is 419 g/mol. The highest BCUT2D eigenvalue weighted by Gasteiger charge is 2.23. The third kappa shape index (κ3) is 3.14. The van der Waals surface area contributed by atoms with Crippen LogP contribution in [0.4, 0.5) is 0 Å². The van der Waals surface area contributed by atoms with Crippen LogP contribution >= 0.6 is 23.2 Å². The van der Waals surface area contributed by atoms with Crippen LogP contribution in [0.25, 0.3) is 22.0 Å². The molecule has 2 aromatic heterocycles. The zero-order chi connectivity index (χ0) is 19.3. The van der Waals surface area contributed by atoms with Crippen LogP contribution in [-0.2, 0) is 17.7 Å². The van der Waals surface area contributed by atoms with Gasteiger partial charge in [-0.25, -0.2) is 4.68 Å². The summed E-state index contributed by atoms with van der Waals surface area (Å²) in [5.74, 6) is 0. The van der Waals surface area contributed by atoms with E-state index in [-0.39, 0.29) is 12.3 Å². The summed E-state index contributed by atoms with van der Waals surface area (Å²) in [4.78, 5) is 0. The van der Waals surface area contributed by atoms with Crippen LogP contribution in [0.1, 0.15) is 44.0 Å². The largest absolute Gasteiger partial charge is 0.391 e. The van der Waals surface area contributed by atoms with Gasteiger partial charge in [0.15, 0.2) is 0 Å². The summed E-state index contributed by atoms with van der Waals surface area (Å²) in [6.45, 7) is 1.33. The Balaban J connectivity index is 1.63. The van der Waals surface area contributed by atoms with Crippen LogP contribution in [0.3, 0.4) is 0 Å². The summed E-state index contributed by atoms with van der Waals surface area (Å²) in [5.41, 5.74) is 4.11. The Morgan fingerprint density at radius 2 is 2.04 bits per heavy atom. The molecule has 1 aromatic carbocycles. The van der Waals surface area contributed by atoms with Gasteiger partial charge in [0.05, 0.1) is 27.9 Å². The van der Waals surface area contributed by atoms with Crippen molar-refractivity contribution in [3.63, 3.8) is 0 Å². The van der Waals surface area contributed by atoms with Gasteiger partial charge in [0.2, 0.25) is 0 Å². The van der Waals surface area contributed by atoms with Gasteiger partial charge < -0.3 is 14.4 Å². The fourth-order valence-electron chi connectivity index (χ4n) is 4.47. The third-order valence-corrected chi connectivity index (χ3v) is 6.67. The van der Waals surface area contributed by atoms with Crippen LogP contribution in [0, 0.1) is 0 Å². The predicted molar refractivity (Wildman–Crippen MR) is 111 cm³/mol. The van der Waals surface area contributed by atoms with E-state index in [0.29, 0.717) is 16.6 Å². The molecular formula is C21H23Cl2N3O2. The number of aliphatic hydroxyl groups is 1. The molecule has 2 aliphatic rings. The number of aryl methyl sites for hydroxylation is 1. The number of fused-ring (bicyclic) bond motifs is 3. The van der Waals surface area contributed by atoms with Crippen LogP contribution in [0.2, 0.25) is 10.0 Å². The van der Waals surface area contributed by atoms with Crippen LogP contribution in [-0.4, -0.2) is 32.2 Å². The van der Waals surface area contributed by atoms with E-state index in [0.717, 1.165) is 67.2 Å². The maximum absolute atomic E-state index is 10.3. The smallest absolute Gasteiger partial charge is 0.150 e. The molecule has 4 heterocycles. The lowest BCUT2D eigenvalue weighted by atomic mass is 10.0. The average molecular weight is 420 g/mol. The molecule has 7 heteroatoms. The highest BCUT2D eigenvalue weighted by atomic mass is 35.5. The predicted octanol–water partition coefficient (Wildman–Crippen LogP) is 5.21. The van der Waals surface area contributed by atoms with E-state index >= 15 is 0 Å². The number of nitrogens with zero attached hydrogens (tertiary/aromatic N) is 3. The lowest BCUT2D eigenvalue weighted by molar-refractivity contribution is -0.0394. The minimum absolute atomic E-state index is 0.00154. The zero-order valence-electron chi connectivity index (χ0n) is 15.6. The summed E-state index contributed by atoms with van der Waals surface area (Å²) in [7, 11) is 0. The molecule has 28 heavy (non-hydrogen) atoms. The number of hydrogen-bond acceptors (Lipinski definition) is 3. The molecule has 5 nitrogen and oxygen atoms in total. The standard InChI is InChI=1S/C21H23Cl2N3O2/c22-18-9-16(13-10-24-26(11-13)19-6-1-2-7-28-19)17-8-14-4-3-5-15(27)12-25(14)21(17)20(18)23/h8-11,15,19,27H,1-7,12H2. The molecule has 0 bridgehead atoms. The topological polar surface area (TPSA) is 52.2 Å². The maximum Gasteiger partial charge on any atom is 0.150 e. The summed E-state index contributed by atoms with van der Waals surface area (Å²) in [6.07, 6.45) is 9.50. The molecular weight excluding hydrogens is 397 g/mol. The van der Waals surface area contributed by atoms with Crippen molar-refractivity contribution in [2.75, 3.05) is 6.61 Å². The van der Waals surface area contributed by atoms with Crippen molar-refractivity contribution in [2.45, 2.75) is 57.4 Å². The molecule has 5 rings (SSSR count). The Bertz CT molecular complexity index is 1020. The van der Waals surface area contributed by atoms with Crippen molar-refractivity contribution in [1.29, 1.82) is 0 Å². The summed E-state index contributed by atoms with van der Waals surface area (Å²) >= 11 is 13.1. The highest BCUT2D eigenvalue weighted by molar-refractivity contribution is 6.45. The highest BCUT2D eigenvalue weighted by Crippen LogP contribution is 2.41. The molecule has 1 fully saturated rings. The van der Waals surface area contributed by atoms with Gasteiger partial charge in [-0.2, -0.15) is 5.10 Å². The van der Waals surface area contributed by atoms with Gasteiger partial charge in [0.1, 0.15) is 6.23 Å². The van der Waals surface area contributed by atoms with E-state index in [9.17, 15) is 5.11 Å². The second kappa shape index (κ2) is 7.38. The number of halogens is 2. The van der Waals surface area contributed by atoms with Crippen molar-refractivity contribution in [2.24, 2.45) is 0 Å². The molecule has 2 aliphatic heterocycles.